The number of ether oxygens (including phenoxy) is 2. The van der Waals surface area contributed by atoms with Gasteiger partial charge in [-0.2, -0.15) is 0 Å². The minimum atomic E-state index is -0.479. The molecule has 32 heavy (non-hydrogen) atoms. The van der Waals surface area contributed by atoms with Crippen molar-refractivity contribution >= 4 is 23.4 Å². The summed E-state index contributed by atoms with van der Waals surface area (Å²) < 4.78 is 11.4. The molecule has 2 aromatic carbocycles. The van der Waals surface area contributed by atoms with Crippen LogP contribution in [0.15, 0.2) is 59.8 Å². The number of hydrogen-bond acceptors (Lipinski definition) is 5. The minimum Gasteiger partial charge on any atom is -0.444 e. The van der Waals surface area contributed by atoms with E-state index in [1.165, 1.54) is 0 Å². The number of piperidine rings is 1. The van der Waals surface area contributed by atoms with Gasteiger partial charge in [0.05, 0.1) is 12.7 Å². The number of carbonyl (C=O) groups is 1. The van der Waals surface area contributed by atoms with Crippen LogP contribution in [-0.4, -0.2) is 54.7 Å². The highest BCUT2D eigenvalue weighted by Crippen LogP contribution is 2.18. The average molecular weight is 459 g/mol. The van der Waals surface area contributed by atoms with E-state index in [4.69, 9.17) is 25.9 Å². The number of nitrogens with zero attached hydrogens (tertiary/aromatic N) is 2. The first-order valence-electron chi connectivity index (χ1n) is 10.9. The zero-order valence-corrected chi connectivity index (χ0v) is 19.7. The fourth-order valence-corrected chi connectivity index (χ4v) is 3.50. The lowest BCUT2D eigenvalue weighted by atomic mass is 10.0. The Hall–Kier alpha value is -2.57. The molecule has 1 fully saturated rings. The van der Waals surface area contributed by atoms with Gasteiger partial charge in [0.2, 0.25) is 0 Å². The number of oxime groups is 1. The molecule has 0 atom stereocenters. The summed E-state index contributed by atoms with van der Waals surface area (Å²) in [4.78, 5) is 19.5. The van der Waals surface area contributed by atoms with E-state index in [1.807, 2.05) is 75.4 Å². The first-order valence-corrected chi connectivity index (χ1v) is 11.3. The molecule has 2 aromatic rings. The highest BCUT2D eigenvalue weighted by atomic mass is 35.5. The van der Waals surface area contributed by atoms with E-state index < -0.39 is 5.60 Å². The van der Waals surface area contributed by atoms with Crippen molar-refractivity contribution in [1.82, 2.24) is 4.90 Å². The normalized spacial score (nSPS) is 15.5. The molecule has 0 spiro atoms. The lowest BCUT2D eigenvalue weighted by Gasteiger charge is -2.33. The molecule has 6 nitrogen and oxygen atoms in total. The second kappa shape index (κ2) is 11.3. The zero-order valence-electron chi connectivity index (χ0n) is 18.9. The molecule has 172 valence electrons. The van der Waals surface area contributed by atoms with Gasteiger partial charge in [-0.05, 0) is 45.7 Å². The van der Waals surface area contributed by atoms with Crippen LogP contribution in [0, 0.1) is 0 Å². The quantitative estimate of drug-likeness (QED) is 0.311. The highest BCUT2D eigenvalue weighted by molar-refractivity contribution is 6.30. The van der Waals surface area contributed by atoms with Crippen molar-refractivity contribution in [2.24, 2.45) is 5.16 Å². The topological polar surface area (TPSA) is 60.4 Å². The van der Waals surface area contributed by atoms with E-state index in [1.54, 1.807) is 4.90 Å². The van der Waals surface area contributed by atoms with Crippen LogP contribution in [0.2, 0.25) is 5.02 Å². The first-order chi connectivity index (χ1) is 15.3. The Morgan fingerprint density at radius 1 is 1.00 bits per heavy atom. The summed E-state index contributed by atoms with van der Waals surface area (Å²) in [7, 11) is 0. The van der Waals surface area contributed by atoms with Gasteiger partial charge in [0.25, 0.3) is 0 Å². The number of likely N-dealkylation sites (tertiary alicyclic amines) is 1. The van der Waals surface area contributed by atoms with Gasteiger partial charge >= 0.3 is 6.09 Å². The third kappa shape index (κ3) is 7.53. The predicted octanol–water partition coefficient (Wildman–Crippen LogP) is 5.53. The molecule has 0 aliphatic carbocycles. The molecule has 0 saturated carbocycles. The molecule has 0 aromatic heterocycles. The molecule has 0 bridgehead atoms. The molecule has 1 saturated heterocycles. The molecule has 1 amide bonds. The van der Waals surface area contributed by atoms with E-state index in [2.05, 4.69) is 5.16 Å². The second-order valence-electron chi connectivity index (χ2n) is 8.68. The SMILES string of the molecule is CC(C)(C)OC(=O)N1CCC(OCCO/N=C(\c2ccccc2)c2ccc(Cl)cc2)CC1. The maximum Gasteiger partial charge on any atom is 0.410 e. The monoisotopic (exact) mass is 458 g/mol. The Balaban J connectivity index is 1.46. The molecule has 1 aliphatic heterocycles. The van der Waals surface area contributed by atoms with Crippen molar-refractivity contribution < 1.29 is 19.1 Å². The van der Waals surface area contributed by atoms with E-state index in [-0.39, 0.29) is 12.2 Å². The number of halogens is 1. The summed E-state index contributed by atoms with van der Waals surface area (Å²) in [5.74, 6) is 0. The average Bonchev–Trinajstić information content (AvgIpc) is 2.77. The van der Waals surface area contributed by atoms with Crippen molar-refractivity contribution in [2.45, 2.75) is 45.3 Å². The molecular weight excluding hydrogens is 428 g/mol. The van der Waals surface area contributed by atoms with Crippen LogP contribution >= 0.6 is 11.6 Å². The van der Waals surface area contributed by atoms with E-state index in [9.17, 15) is 4.79 Å². The first kappa shape index (κ1) is 24.1. The van der Waals surface area contributed by atoms with Gasteiger partial charge in [-0.3, -0.25) is 0 Å². The summed E-state index contributed by atoms with van der Waals surface area (Å²) in [6.45, 7) is 7.66. The van der Waals surface area contributed by atoms with E-state index in [0.29, 0.717) is 31.3 Å². The lowest BCUT2D eigenvalue weighted by Crippen LogP contribution is -2.43. The summed E-state index contributed by atoms with van der Waals surface area (Å²) in [6.07, 6.45) is 1.40. The Kier molecular flexibility index (Phi) is 8.53. The fraction of sp³-hybridized carbons (Fsp3) is 0.440. The second-order valence-corrected chi connectivity index (χ2v) is 9.12. The Morgan fingerprint density at radius 2 is 1.62 bits per heavy atom. The number of amides is 1. The number of carbonyl (C=O) groups excluding carboxylic acids is 1. The van der Waals surface area contributed by atoms with E-state index in [0.717, 1.165) is 29.7 Å². The maximum atomic E-state index is 12.2. The van der Waals surface area contributed by atoms with Crippen LogP contribution in [0.25, 0.3) is 0 Å². The zero-order chi connectivity index (χ0) is 23.0. The van der Waals surface area contributed by atoms with Crippen LogP contribution in [0.3, 0.4) is 0 Å². The molecule has 3 rings (SSSR count). The molecule has 0 radical (unpaired) electrons. The number of hydrogen-bond donors (Lipinski definition) is 0. The maximum absolute atomic E-state index is 12.2. The van der Waals surface area contributed by atoms with E-state index >= 15 is 0 Å². The van der Waals surface area contributed by atoms with Gasteiger partial charge in [-0.15, -0.1) is 0 Å². The molecule has 0 N–H and O–H groups in total. The van der Waals surface area contributed by atoms with Crippen molar-refractivity contribution in [3.63, 3.8) is 0 Å². The molecule has 7 heteroatoms. The Labute approximate surface area is 195 Å². The summed E-state index contributed by atoms with van der Waals surface area (Å²) >= 11 is 6.02. The van der Waals surface area contributed by atoms with Crippen molar-refractivity contribution in [2.75, 3.05) is 26.3 Å². The largest absolute Gasteiger partial charge is 0.444 e. The standard InChI is InChI=1S/C25H31ClN2O4/c1-25(2,3)32-24(29)28-15-13-22(14-16-28)30-17-18-31-27-23(19-7-5-4-6-8-19)20-9-11-21(26)12-10-20/h4-12,22H,13-18H2,1-3H3/b27-23+. The summed E-state index contributed by atoms with van der Waals surface area (Å²) in [5.41, 5.74) is 2.15. The Bertz CT molecular complexity index is 886. The summed E-state index contributed by atoms with van der Waals surface area (Å²) in [6, 6.07) is 17.4. The third-order valence-corrected chi connectivity index (χ3v) is 5.19. The van der Waals surface area contributed by atoms with Gasteiger partial charge in [-0.25, -0.2) is 4.79 Å². The van der Waals surface area contributed by atoms with Crippen molar-refractivity contribution in [1.29, 1.82) is 0 Å². The van der Waals surface area contributed by atoms with Crippen LogP contribution < -0.4 is 0 Å². The summed E-state index contributed by atoms with van der Waals surface area (Å²) in [5, 5.41) is 5.04. The van der Waals surface area contributed by atoms with Crippen LogP contribution in [0.5, 0.6) is 0 Å². The molecule has 1 heterocycles. The van der Waals surface area contributed by atoms with Gasteiger partial charge < -0.3 is 19.2 Å². The van der Waals surface area contributed by atoms with Crippen molar-refractivity contribution in [3.8, 4) is 0 Å². The highest BCUT2D eigenvalue weighted by Gasteiger charge is 2.27. The fourth-order valence-electron chi connectivity index (χ4n) is 3.37. The van der Waals surface area contributed by atoms with Crippen LogP contribution in [0.4, 0.5) is 4.79 Å². The number of benzene rings is 2. The molecule has 0 unspecified atom stereocenters. The third-order valence-electron chi connectivity index (χ3n) is 4.94. The van der Waals surface area contributed by atoms with Gasteiger partial charge in [-0.1, -0.05) is 59.2 Å². The predicted molar refractivity (Wildman–Crippen MR) is 126 cm³/mol. The number of rotatable bonds is 7. The Morgan fingerprint density at radius 3 is 2.25 bits per heavy atom. The van der Waals surface area contributed by atoms with Crippen LogP contribution in [-0.2, 0) is 14.3 Å². The lowest BCUT2D eigenvalue weighted by molar-refractivity contribution is -0.0287. The van der Waals surface area contributed by atoms with Gasteiger partial charge in [0.1, 0.15) is 17.9 Å². The minimum absolute atomic E-state index is 0.103. The molecule has 1 aliphatic rings. The van der Waals surface area contributed by atoms with Gasteiger partial charge in [0, 0.05) is 29.2 Å². The van der Waals surface area contributed by atoms with Crippen molar-refractivity contribution in [3.05, 3.63) is 70.7 Å². The van der Waals surface area contributed by atoms with Crippen LogP contribution in [0.1, 0.15) is 44.7 Å². The smallest absolute Gasteiger partial charge is 0.410 e. The molecular formula is C25H31ClN2O4. The van der Waals surface area contributed by atoms with Gasteiger partial charge in [0.15, 0.2) is 0 Å².